The molecular formula is C17H23F3N4O2. The summed E-state index contributed by atoms with van der Waals surface area (Å²) in [5.74, 6) is 0.857. The molecule has 1 N–H and O–H groups in total. The lowest BCUT2D eigenvalue weighted by Gasteiger charge is -2.35. The van der Waals surface area contributed by atoms with E-state index in [2.05, 4.69) is 15.2 Å². The van der Waals surface area contributed by atoms with Crippen LogP contribution in [0, 0.1) is 11.8 Å². The van der Waals surface area contributed by atoms with Crippen molar-refractivity contribution in [3.8, 4) is 0 Å². The Balaban J connectivity index is 1.48. The van der Waals surface area contributed by atoms with E-state index < -0.39 is 17.4 Å². The van der Waals surface area contributed by atoms with Gasteiger partial charge in [-0.2, -0.15) is 13.2 Å². The number of rotatable bonds is 4. The van der Waals surface area contributed by atoms with Crippen LogP contribution < -0.4 is 10.9 Å². The molecule has 2 aliphatic rings. The number of hydrogen-bond acceptors (Lipinski definition) is 4. The number of alkyl halides is 3. The quantitative estimate of drug-likeness (QED) is 0.870. The number of carbonyl (C=O) groups is 1. The second kappa shape index (κ2) is 7.77. The molecule has 1 amide bonds. The standard InChI is InChI=1S/C17H23F3N4O2/c18-17(19,20)14-7-16(26)24(11-22-14)10-12-3-5-23(6-4-12)9-13-1-2-15(25)21-8-13/h7,11-13H,1-6,8-10H2,(H,21,25). The number of piperidine rings is 2. The van der Waals surface area contributed by atoms with Crippen molar-refractivity contribution in [2.24, 2.45) is 11.8 Å². The van der Waals surface area contributed by atoms with Gasteiger partial charge in [-0.1, -0.05) is 0 Å². The fourth-order valence-electron chi connectivity index (χ4n) is 3.65. The summed E-state index contributed by atoms with van der Waals surface area (Å²) in [7, 11) is 0. The van der Waals surface area contributed by atoms with Gasteiger partial charge in [0, 0.05) is 32.1 Å². The molecule has 0 bridgehead atoms. The minimum Gasteiger partial charge on any atom is -0.356 e. The molecule has 0 saturated carbocycles. The van der Waals surface area contributed by atoms with Gasteiger partial charge in [-0.15, -0.1) is 0 Å². The van der Waals surface area contributed by atoms with Crippen molar-refractivity contribution in [3.63, 3.8) is 0 Å². The molecule has 144 valence electrons. The van der Waals surface area contributed by atoms with Gasteiger partial charge >= 0.3 is 6.18 Å². The van der Waals surface area contributed by atoms with Crippen molar-refractivity contribution in [2.75, 3.05) is 26.2 Å². The number of aromatic nitrogens is 2. The molecule has 0 spiro atoms. The molecule has 26 heavy (non-hydrogen) atoms. The van der Waals surface area contributed by atoms with E-state index in [1.165, 1.54) is 4.57 Å². The molecule has 1 aromatic rings. The smallest absolute Gasteiger partial charge is 0.356 e. The van der Waals surface area contributed by atoms with E-state index in [4.69, 9.17) is 0 Å². The lowest BCUT2D eigenvalue weighted by Crippen LogP contribution is -2.44. The maximum absolute atomic E-state index is 12.6. The monoisotopic (exact) mass is 372 g/mol. The minimum atomic E-state index is -4.60. The first-order chi connectivity index (χ1) is 12.3. The van der Waals surface area contributed by atoms with Crippen LogP contribution in [0.1, 0.15) is 31.4 Å². The molecule has 3 rings (SSSR count). The summed E-state index contributed by atoms with van der Waals surface area (Å²) in [6.45, 7) is 3.88. The van der Waals surface area contributed by atoms with Crippen molar-refractivity contribution in [1.29, 1.82) is 0 Å². The normalized spacial score (nSPS) is 23.0. The molecule has 1 aromatic heterocycles. The first kappa shape index (κ1) is 18.9. The average Bonchev–Trinajstić information content (AvgIpc) is 2.59. The summed E-state index contributed by atoms with van der Waals surface area (Å²) in [4.78, 5) is 28.8. The van der Waals surface area contributed by atoms with Crippen LogP contribution in [0.3, 0.4) is 0 Å². The first-order valence-electron chi connectivity index (χ1n) is 8.94. The third kappa shape index (κ3) is 4.84. The Morgan fingerprint density at radius 2 is 1.85 bits per heavy atom. The lowest BCUT2D eigenvalue weighted by atomic mass is 9.94. The zero-order valence-corrected chi connectivity index (χ0v) is 14.5. The zero-order valence-electron chi connectivity index (χ0n) is 14.5. The van der Waals surface area contributed by atoms with Crippen LogP contribution in [0.5, 0.6) is 0 Å². The van der Waals surface area contributed by atoms with Gasteiger partial charge in [-0.3, -0.25) is 14.2 Å². The summed E-state index contributed by atoms with van der Waals surface area (Å²) in [6, 6.07) is 0.562. The maximum atomic E-state index is 12.6. The van der Waals surface area contributed by atoms with Gasteiger partial charge in [0.25, 0.3) is 5.56 Å². The van der Waals surface area contributed by atoms with Gasteiger partial charge in [0.05, 0.1) is 6.33 Å². The number of carbonyl (C=O) groups excluding carboxylic acids is 1. The summed E-state index contributed by atoms with van der Waals surface area (Å²) < 4.78 is 39.0. The van der Waals surface area contributed by atoms with E-state index in [0.717, 1.165) is 51.8 Å². The van der Waals surface area contributed by atoms with E-state index in [9.17, 15) is 22.8 Å². The summed E-state index contributed by atoms with van der Waals surface area (Å²) in [5.41, 5.74) is -1.80. The van der Waals surface area contributed by atoms with Crippen LogP contribution >= 0.6 is 0 Å². The van der Waals surface area contributed by atoms with Crippen molar-refractivity contribution in [2.45, 2.75) is 38.4 Å². The number of likely N-dealkylation sites (tertiary alicyclic amines) is 1. The van der Waals surface area contributed by atoms with Gasteiger partial charge in [-0.25, -0.2) is 4.98 Å². The van der Waals surface area contributed by atoms with Crippen molar-refractivity contribution < 1.29 is 18.0 Å². The highest BCUT2D eigenvalue weighted by molar-refractivity contribution is 5.76. The van der Waals surface area contributed by atoms with E-state index >= 15 is 0 Å². The predicted molar refractivity (Wildman–Crippen MR) is 88.4 cm³/mol. The van der Waals surface area contributed by atoms with Crippen LogP contribution in [0.4, 0.5) is 13.2 Å². The number of hydrogen-bond donors (Lipinski definition) is 1. The molecule has 6 nitrogen and oxygen atoms in total. The number of nitrogens with zero attached hydrogens (tertiary/aromatic N) is 3. The van der Waals surface area contributed by atoms with Gasteiger partial charge < -0.3 is 10.2 Å². The summed E-state index contributed by atoms with van der Waals surface area (Å²) in [5, 5.41) is 2.89. The highest BCUT2D eigenvalue weighted by Gasteiger charge is 2.33. The van der Waals surface area contributed by atoms with Gasteiger partial charge in [0.15, 0.2) is 5.69 Å². The second-order valence-electron chi connectivity index (χ2n) is 7.22. The van der Waals surface area contributed by atoms with Crippen LogP contribution in [-0.2, 0) is 17.5 Å². The molecule has 1 atom stereocenters. The van der Waals surface area contributed by atoms with Crippen LogP contribution in [0.15, 0.2) is 17.2 Å². The summed E-state index contributed by atoms with van der Waals surface area (Å²) >= 11 is 0. The Bertz CT molecular complexity index is 686. The lowest BCUT2D eigenvalue weighted by molar-refractivity contribution is -0.141. The van der Waals surface area contributed by atoms with Crippen LogP contribution in [0.2, 0.25) is 0 Å². The molecule has 3 heterocycles. The molecule has 0 aromatic carbocycles. The van der Waals surface area contributed by atoms with Gasteiger partial charge in [0.2, 0.25) is 5.91 Å². The number of halogens is 3. The minimum absolute atomic E-state index is 0.121. The van der Waals surface area contributed by atoms with E-state index in [-0.39, 0.29) is 11.8 Å². The largest absolute Gasteiger partial charge is 0.433 e. The van der Waals surface area contributed by atoms with Crippen LogP contribution in [-0.4, -0.2) is 46.5 Å². The number of amides is 1. The predicted octanol–water partition coefficient (Wildman–Crippen LogP) is 1.50. The molecule has 2 aliphatic heterocycles. The highest BCUT2D eigenvalue weighted by atomic mass is 19.4. The Morgan fingerprint density at radius 3 is 2.42 bits per heavy atom. The van der Waals surface area contributed by atoms with E-state index in [0.29, 0.717) is 24.9 Å². The molecule has 9 heteroatoms. The van der Waals surface area contributed by atoms with Crippen molar-refractivity contribution >= 4 is 5.91 Å². The fourth-order valence-corrected chi connectivity index (χ4v) is 3.65. The molecule has 1 unspecified atom stereocenters. The number of nitrogens with one attached hydrogen (secondary N) is 1. The average molecular weight is 372 g/mol. The Kier molecular flexibility index (Phi) is 5.64. The van der Waals surface area contributed by atoms with Crippen LogP contribution in [0.25, 0.3) is 0 Å². The molecule has 2 fully saturated rings. The fraction of sp³-hybridized carbons (Fsp3) is 0.706. The third-order valence-corrected chi connectivity index (χ3v) is 5.22. The maximum Gasteiger partial charge on any atom is 0.433 e. The Labute approximate surface area is 149 Å². The van der Waals surface area contributed by atoms with Gasteiger partial charge in [0.1, 0.15) is 0 Å². The summed E-state index contributed by atoms with van der Waals surface area (Å²) in [6.07, 6.45) is -0.299. The van der Waals surface area contributed by atoms with Crippen molar-refractivity contribution in [1.82, 2.24) is 19.8 Å². The van der Waals surface area contributed by atoms with E-state index in [1.807, 2.05) is 0 Å². The Morgan fingerprint density at radius 1 is 1.12 bits per heavy atom. The second-order valence-corrected chi connectivity index (χ2v) is 7.22. The molecular weight excluding hydrogens is 349 g/mol. The molecule has 0 radical (unpaired) electrons. The SMILES string of the molecule is O=C1CCC(CN2CCC(Cn3cnc(C(F)(F)F)cc3=O)CC2)CN1. The molecule has 0 aliphatic carbocycles. The zero-order chi connectivity index (χ0) is 18.7. The first-order valence-corrected chi connectivity index (χ1v) is 8.94. The van der Waals surface area contributed by atoms with E-state index in [1.54, 1.807) is 0 Å². The third-order valence-electron chi connectivity index (χ3n) is 5.22. The van der Waals surface area contributed by atoms with Gasteiger partial charge in [-0.05, 0) is 44.2 Å². The topological polar surface area (TPSA) is 67.2 Å². The molecule has 2 saturated heterocycles. The van der Waals surface area contributed by atoms with Crippen molar-refractivity contribution in [3.05, 3.63) is 28.4 Å². The Hall–Kier alpha value is -1.90. The highest BCUT2D eigenvalue weighted by Crippen LogP contribution is 2.26.